The molecule has 0 atom stereocenters. The van der Waals surface area contributed by atoms with E-state index in [0.29, 0.717) is 18.8 Å². The fourth-order valence-corrected chi connectivity index (χ4v) is 1.22. The zero-order valence-corrected chi connectivity index (χ0v) is 9.93. The molecule has 3 N–H and O–H groups in total. The summed E-state index contributed by atoms with van der Waals surface area (Å²) in [6.45, 7) is 4.91. The standard InChI is InChI=1S/C12H17F3N2/c1-11(2,7-16)8-17-10-5-3-4-9(6-10)12(13,14)15/h3-6,17H,7-8,16H2,1-2H3. The molecule has 17 heavy (non-hydrogen) atoms. The van der Waals surface area contributed by atoms with Crippen molar-refractivity contribution in [1.29, 1.82) is 0 Å². The van der Waals surface area contributed by atoms with Crippen LogP contribution in [0.3, 0.4) is 0 Å². The summed E-state index contributed by atoms with van der Waals surface area (Å²) in [6, 6.07) is 5.16. The van der Waals surface area contributed by atoms with E-state index in [1.54, 1.807) is 6.07 Å². The summed E-state index contributed by atoms with van der Waals surface area (Å²) in [6.07, 6.45) is -4.30. The Morgan fingerprint density at radius 1 is 1.24 bits per heavy atom. The number of nitrogens with two attached hydrogens (primary N) is 1. The first kappa shape index (κ1) is 13.8. The van der Waals surface area contributed by atoms with Crippen LogP contribution in [0, 0.1) is 5.41 Å². The molecule has 0 heterocycles. The molecule has 0 radical (unpaired) electrons. The molecule has 0 saturated carbocycles. The van der Waals surface area contributed by atoms with Gasteiger partial charge in [-0.2, -0.15) is 13.2 Å². The largest absolute Gasteiger partial charge is 0.416 e. The zero-order chi connectivity index (χ0) is 13.1. The number of halogens is 3. The third kappa shape index (κ3) is 4.26. The Morgan fingerprint density at radius 3 is 2.41 bits per heavy atom. The Labute approximate surface area is 99.0 Å². The Balaban J connectivity index is 2.74. The van der Waals surface area contributed by atoms with Crippen LogP contribution < -0.4 is 11.1 Å². The van der Waals surface area contributed by atoms with Crippen molar-refractivity contribution in [3.63, 3.8) is 0 Å². The van der Waals surface area contributed by atoms with Gasteiger partial charge in [0.1, 0.15) is 0 Å². The van der Waals surface area contributed by atoms with Gasteiger partial charge in [0.25, 0.3) is 0 Å². The van der Waals surface area contributed by atoms with E-state index >= 15 is 0 Å². The summed E-state index contributed by atoms with van der Waals surface area (Å²) in [4.78, 5) is 0. The minimum atomic E-state index is -4.30. The molecule has 5 heteroatoms. The summed E-state index contributed by atoms with van der Waals surface area (Å²) in [5.41, 5.74) is 5.22. The van der Waals surface area contributed by atoms with Gasteiger partial charge >= 0.3 is 6.18 Å². The molecule has 0 bridgehead atoms. The summed E-state index contributed by atoms with van der Waals surface area (Å²) in [7, 11) is 0. The number of benzene rings is 1. The number of alkyl halides is 3. The second-order valence-electron chi connectivity index (χ2n) is 4.80. The topological polar surface area (TPSA) is 38.0 Å². The molecule has 1 rings (SSSR count). The van der Waals surface area contributed by atoms with E-state index < -0.39 is 11.7 Å². The summed E-state index contributed by atoms with van der Waals surface area (Å²) < 4.78 is 37.4. The molecule has 0 fully saturated rings. The zero-order valence-electron chi connectivity index (χ0n) is 9.93. The Morgan fingerprint density at radius 2 is 1.88 bits per heavy atom. The minimum absolute atomic E-state index is 0.145. The molecule has 0 aliphatic rings. The number of rotatable bonds is 4. The normalized spacial score (nSPS) is 12.6. The van der Waals surface area contributed by atoms with Crippen molar-refractivity contribution in [2.45, 2.75) is 20.0 Å². The van der Waals surface area contributed by atoms with Gasteiger partial charge in [-0.1, -0.05) is 19.9 Å². The van der Waals surface area contributed by atoms with Gasteiger partial charge in [0.05, 0.1) is 5.56 Å². The predicted molar refractivity (Wildman–Crippen MR) is 62.8 cm³/mol. The van der Waals surface area contributed by atoms with E-state index in [1.807, 2.05) is 13.8 Å². The van der Waals surface area contributed by atoms with Crippen LogP contribution in [-0.4, -0.2) is 13.1 Å². The van der Waals surface area contributed by atoms with E-state index in [2.05, 4.69) is 5.32 Å². The highest BCUT2D eigenvalue weighted by Crippen LogP contribution is 2.30. The summed E-state index contributed by atoms with van der Waals surface area (Å²) in [5, 5.41) is 2.97. The lowest BCUT2D eigenvalue weighted by Gasteiger charge is -2.23. The van der Waals surface area contributed by atoms with Crippen LogP contribution in [0.1, 0.15) is 19.4 Å². The first-order valence-corrected chi connectivity index (χ1v) is 5.36. The predicted octanol–water partition coefficient (Wildman–Crippen LogP) is 3.10. The van der Waals surface area contributed by atoms with E-state index in [0.717, 1.165) is 12.1 Å². The quantitative estimate of drug-likeness (QED) is 0.856. The molecule has 0 saturated heterocycles. The van der Waals surface area contributed by atoms with E-state index in [4.69, 9.17) is 5.73 Å². The molecule has 1 aromatic carbocycles. The molecule has 0 spiro atoms. The second kappa shape index (κ2) is 4.96. The highest BCUT2D eigenvalue weighted by Gasteiger charge is 2.30. The van der Waals surface area contributed by atoms with E-state index in [9.17, 15) is 13.2 Å². The van der Waals surface area contributed by atoms with Gasteiger partial charge in [0.15, 0.2) is 0 Å². The molecule has 2 nitrogen and oxygen atoms in total. The molecule has 1 aromatic rings. The van der Waals surface area contributed by atoms with Gasteiger partial charge in [0.2, 0.25) is 0 Å². The fourth-order valence-electron chi connectivity index (χ4n) is 1.22. The van der Waals surface area contributed by atoms with Crippen LogP contribution in [0.15, 0.2) is 24.3 Å². The molecule has 0 unspecified atom stereocenters. The lowest BCUT2D eigenvalue weighted by Crippen LogP contribution is -2.31. The van der Waals surface area contributed by atoms with Crippen molar-refractivity contribution in [1.82, 2.24) is 0 Å². The van der Waals surface area contributed by atoms with Crippen molar-refractivity contribution in [2.75, 3.05) is 18.4 Å². The van der Waals surface area contributed by atoms with Crippen LogP contribution in [0.4, 0.5) is 18.9 Å². The number of hydrogen-bond acceptors (Lipinski definition) is 2. The molecule has 96 valence electrons. The van der Waals surface area contributed by atoms with Gasteiger partial charge < -0.3 is 11.1 Å². The minimum Gasteiger partial charge on any atom is -0.384 e. The monoisotopic (exact) mass is 246 g/mol. The first-order chi connectivity index (χ1) is 7.74. The molecular formula is C12H17F3N2. The Bertz CT molecular complexity index is 372. The SMILES string of the molecule is CC(C)(CN)CNc1cccc(C(F)(F)F)c1. The lowest BCUT2D eigenvalue weighted by atomic mass is 9.94. The van der Waals surface area contributed by atoms with Gasteiger partial charge in [-0.25, -0.2) is 0 Å². The van der Waals surface area contributed by atoms with Gasteiger partial charge in [-0.3, -0.25) is 0 Å². The van der Waals surface area contributed by atoms with Crippen LogP contribution in [-0.2, 0) is 6.18 Å². The number of hydrogen-bond donors (Lipinski definition) is 2. The average Bonchev–Trinajstić information content (AvgIpc) is 2.26. The van der Waals surface area contributed by atoms with E-state index in [-0.39, 0.29) is 5.41 Å². The maximum absolute atomic E-state index is 12.5. The van der Waals surface area contributed by atoms with Gasteiger partial charge in [0, 0.05) is 12.2 Å². The molecule has 0 aliphatic heterocycles. The third-order valence-corrected chi connectivity index (χ3v) is 2.51. The fraction of sp³-hybridized carbons (Fsp3) is 0.500. The average molecular weight is 246 g/mol. The lowest BCUT2D eigenvalue weighted by molar-refractivity contribution is -0.137. The summed E-state index contributed by atoms with van der Waals surface area (Å²) >= 11 is 0. The maximum Gasteiger partial charge on any atom is 0.416 e. The van der Waals surface area contributed by atoms with Crippen LogP contribution in [0.2, 0.25) is 0 Å². The third-order valence-electron chi connectivity index (χ3n) is 2.51. The van der Waals surface area contributed by atoms with Crippen molar-refractivity contribution in [2.24, 2.45) is 11.1 Å². The molecule has 0 aromatic heterocycles. The first-order valence-electron chi connectivity index (χ1n) is 5.36. The van der Waals surface area contributed by atoms with Crippen molar-refractivity contribution >= 4 is 5.69 Å². The van der Waals surface area contributed by atoms with Crippen LogP contribution in [0.5, 0.6) is 0 Å². The molecule has 0 aliphatic carbocycles. The molecular weight excluding hydrogens is 229 g/mol. The number of nitrogens with one attached hydrogen (secondary N) is 1. The molecule has 0 amide bonds. The van der Waals surface area contributed by atoms with Gasteiger partial charge in [-0.05, 0) is 30.2 Å². The van der Waals surface area contributed by atoms with Crippen molar-refractivity contribution < 1.29 is 13.2 Å². The van der Waals surface area contributed by atoms with Crippen molar-refractivity contribution in [3.05, 3.63) is 29.8 Å². The highest BCUT2D eigenvalue weighted by atomic mass is 19.4. The maximum atomic E-state index is 12.5. The van der Waals surface area contributed by atoms with Crippen LogP contribution in [0.25, 0.3) is 0 Å². The number of anilines is 1. The van der Waals surface area contributed by atoms with Gasteiger partial charge in [-0.15, -0.1) is 0 Å². The van der Waals surface area contributed by atoms with Crippen molar-refractivity contribution in [3.8, 4) is 0 Å². The summed E-state index contributed by atoms with van der Waals surface area (Å²) in [5.74, 6) is 0. The second-order valence-corrected chi connectivity index (χ2v) is 4.80. The van der Waals surface area contributed by atoms with E-state index in [1.165, 1.54) is 6.07 Å². The highest BCUT2D eigenvalue weighted by molar-refractivity contribution is 5.46. The Kier molecular flexibility index (Phi) is 4.03. The van der Waals surface area contributed by atoms with Crippen LogP contribution >= 0.6 is 0 Å². The smallest absolute Gasteiger partial charge is 0.384 e. The Hall–Kier alpha value is -1.23.